The minimum atomic E-state index is -0.603. The molecule has 0 saturated carbocycles. The zero-order valence-corrected chi connectivity index (χ0v) is 21.2. The van der Waals surface area contributed by atoms with Crippen LogP contribution in [0.15, 0.2) is 107 Å². The van der Waals surface area contributed by atoms with E-state index in [4.69, 9.17) is 21.1 Å². The van der Waals surface area contributed by atoms with Crippen LogP contribution < -0.4 is 14.9 Å². The van der Waals surface area contributed by atoms with Crippen LogP contribution in [0.2, 0.25) is 5.02 Å². The summed E-state index contributed by atoms with van der Waals surface area (Å²) in [6.45, 7) is -0.213. The van der Waals surface area contributed by atoms with Gasteiger partial charge >= 0.3 is 5.97 Å². The number of halogens is 2. The second-order valence-electron chi connectivity index (χ2n) is 7.52. The Kier molecular flexibility index (Phi) is 8.49. The lowest BCUT2D eigenvalue weighted by Gasteiger charge is -2.09. The van der Waals surface area contributed by atoms with E-state index >= 15 is 0 Å². The fourth-order valence-electron chi connectivity index (χ4n) is 3.22. The van der Waals surface area contributed by atoms with Crippen molar-refractivity contribution >= 4 is 45.6 Å². The number of ether oxygens (including phenoxy) is 2. The van der Waals surface area contributed by atoms with E-state index < -0.39 is 11.9 Å². The highest BCUT2D eigenvalue weighted by Gasteiger charge is 2.14. The lowest BCUT2D eigenvalue weighted by Crippen LogP contribution is -2.24. The summed E-state index contributed by atoms with van der Waals surface area (Å²) in [5, 5.41) is 4.25. The normalized spacial score (nSPS) is 10.7. The van der Waals surface area contributed by atoms with Crippen LogP contribution in [0.25, 0.3) is 11.1 Å². The molecule has 8 heteroatoms. The second-order valence-corrected chi connectivity index (χ2v) is 8.85. The van der Waals surface area contributed by atoms with E-state index in [2.05, 4.69) is 26.5 Å². The van der Waals surface area contributed by atoms with Crippen LogP contribution in [-0.2, 0) is 4.79 Å². The Morgan fingerprint density at radius 2 is 1.58 bits per heavy atom. The maximum Gasteiger partial charge on any atom is 0.345 e. The van der Waals surface area contributed by atoms with Crippen molar-refractivity contribution in [3.05, 3.63) is 118 Å². The molecule has 0 atom stereocenters. The molecule has 0 heterocycles. The second kappa shape index (κ2) is 12.2. The van der Waals surface area contributed by atoms with E-state index in [-0.39, 0.29) is 22.9 Å². The van der Waals surface area contributed by atoms with Gasteiger partial charge in [0.25, 0.3) is 5.91 Å². The topological polar surface area (TPSA) is 77.0 Å². The minimum Gasteiger partial charge on any atom is -0.484 e. The standard InChI is InChI=1S/C28H20BrClN2O4/c29-22-12-15-26(36-28(34)24-8-4-5-9-25(24)30)21(16-22)17-31-32-27(33)18-35-23-13-10-20(11-14-23)19-6-2-1-3-7-19/h1-17H,18H2,(H,32,33)/b31-17+. The van der Waals surface area contributed by atoms with Gasteiger partial charge in [-0.25, -0.2) is 10.2 Å². The van der Waals surface area contributed by atoms with E-state index in [1.54, 1.807) is 54.6 Å². The average Bonchev–Trinajstić information content (AvgIpc) is 2.90. The lowest BCUT2D eigenvalue weighted by atomic mass is 10.1. The van der Waals surface area contributed by atoms with E-state index in [1.807, 2.05) is 42.5 Å². The molecule has 0 fully saturated rings. The summed E-state index contributed by atoms with van der Waals surface area (Å²) in [4.78, 5) is 24.7. The molecule has 0 bridgehead atoms. The number of carbonyl (C=O) groups excluding carboxylic acids is 2. The number of nitrogens with one attached hydrogen (secondary N) is 1. The highest BCUT2D eigenvalue weighted by molar-refractivity contribution is 9.10. The molecule has 4 rings (SSSR count). The summed E-state index contributed by atoms with van der Waals surface area (Å²) in [6, 6.07) is 29.1. The van der Waals surface area contributed by atoms with Crippen LogP contribution in [0.3, 0.4) is 0 Å². The zero-order valence-electron chi connectivity index (χ0n) is 18.9. The first-order chi connectivity index (χ1) is 17.5. The van der Waals surface area contributed by atoms with Gasteiger partial charge in [0.1, 0.15) is 11.5 Å². The zero-order chi connectivity index (χ0) is 25.3. The number of hydrazone groups is 1. The van der Waals surface area contributed by atoms with E-state index in [1.165, 1.54) is 6.21 Å². The third-order valence-corrected chi connectivity index (χ3v) is 5.82. The molecule has 0 saturated heterocycles. The molecule has 0 aliphatic carbocycles. The number of amides is 1. The monoisotopic (exact) mass is 562 g/mol. The first kappa shape index (κ1) is 25.2. The van der Waals surface area contributed by atoms with Gasteiger partial charge in [-0.1, -0.05) is 82.1 Å². The number of hydrogen-bond donors (Lipinski definition) is 1. The molecule has 0 aliphatic rings. The van der Waals surface area contributed by atoms with E-state index in [0.717, 1.165) is 15.6 Å². The highest BCUT2D eigenvalue weighted by Crippen LogP contribution is 2.25. The molecule has 0 unspecified atom stereocenters. The summed E-state index contributed by atoms with van der Waals surface area (Å²) in [7, 11) is 0. The first-order valence-electron chi connectivity index (χ1n) is 10.9. The molecule has 36 heavy (non-hydrogen) atoms. The molecule has 0 spiro atoms. The summed E-state index contributed by atoms with van der Waals surface area (Å²) >= 11 is 9.46. The molecule has 0 radical (unpaired) electrons. The van der Waals surface area contributed by atoms with Crippen molar-refractivity contribution in [2.75, 3.05) is 6.61 Å². The van der Waals surface area contributed by atoms with Crippen LogP contribution in [0.1, 0.15) is 15.9 Å². The van der Waals surface area contributed by atoms with Crippen molar-refractivity contribution in [3.8, 4) is 22.6 Å². The summed E-state index contributed by atoms with van der Waals surface area (Å²) in [5.74, 6) is -0.221. The van der Waals surface area contributed by atoms with E-state index in [9.17, 15) is 9.59 Å². The van der Waals surface area contributed by atoms with Crippen molar-refractivity contribution in [3.63, 3.8) is 0 Å². The Bertz CT molecular complexity index is 1390. The molecule has 1 N–H and O–H groups in total. The lowest BCUT2D eigenvalue weighted by molar-refractivity contribution is -0.123. The number of hydrogen-bond acceptors (Lipinski definition) is 5. The fourth-order valence-corrected chi connectivity index (χ4v) is 3.82. The molecule has 4 aromatic carbocycles. The molecular formula is C28H20BrClN2O4. The number of carbonyl (C=O) groups is 2. The van der Waals surface area contributed by atoms with Gasteiger partial charge in [0, 0.05) is 10.0 Å². The molecule has 1 amide bonds. The van der Waals surface area contributed by atoms with Gasteiger partial charge in [-0.3, -0.25) is 4.79 Å². The largest absolute Gasteiger partial charge is 0.484 e. The first-order valence-corrected chi connectivity index (χ1v) is 12.0. The van der Waals surface area contributed by atoms with Crippen LogP contribution in [0, 0.1) is 0 Å². The van der Waals surface area contributed by atoms with Crippen LogP contribution in [0.4, 0.5) is 0 Å². The predicted molar refractivity (Wildman–Crippen MR) is 144 cm³/mol. The maximum absolute atomic E-state index is 12.5. The molecule has 180 valence electrons. The van der Waals surface area contributed by atoms with Crippen molar-refractivity contribution in [2.24, 2.45) is 5.10 Å². The van der Waals surface area contributed by atoms with Crippen molar-refractivity contribution < 1.29 is 19.1 Å². The Morgan fingerprint density at radius 1 is 0.889 bits per heavy atom. The molecule has 0 aromatic heterocycles. The molecule has 4 aromatic rings. The number of rotatable bonds is 8. The van der Waals surface area contributed by atoms with Gasteiger partial charge in [0.2, 0.25) is 0 Å². The van der Waals surface area contributed by atoms with Gasteiger partial charge in [-0.15, -0.1) is 0 Å². The van der Waals surface area contributed by atoms with Crippen molar-refractivity contribution in [1.82, 2.24) is 5.43 Å². The average molecular weight is 564 g/mol. The third-order valence-electron chi connectivity index (χ3n) is 4.99. The fraction of sp³-hybridized carbons (Fsp3) is 0.0357. The smallest absolute Gasteiger partial charge is 0.345 e. The predicted octanol–water partition coefficient (Wildman–Crippen LogP) is 6.52. The quantitative estimate of drug-likeness (QED) is 0.115. The SMILES string of the molecule is O=C(COc1ccc(-c2ccccc2)cc1)N/N=C/c1cc(Br)ccc1OC(=O)c1ccccc1Cl. The van der Waals surface area contributed by atoms with Crippen molar-refractivity contribution in [1.29, 1.82) is 0 Å². The third kappa shape index (κ3) is 6.81. The maximum atomic E-state index is 12.5. The van der Waals surface area contributed by atoms with Gasteiger partial charge in [0.15, 0.2) is 6.61 Å². The van der Waals surface area contributed by atoms with Crippen LogP contribution >= 0.6 is 27.5 Å². The van der Waals surface area contributed by atoms with E-state index in [0.29, 0.717) is 11.3 Å². The molecule has 0 aliphatic heterocycles. The summed E-state index contributed by atoms with van der Waals surface area (Å²) < 4.78 is 11.8. The molecular weight excluding hydrogens is 544 g/mol. The van der Waals surface area contributed by atoms with Crippen LogP contribution in [-0.4, -0.2) is 24.7 Å². The Balaban J connectivity index is 1.33. The van der Waals surface area contributed by atoms with Crippen molar-refractivity contribution in [2.45, 2.75) is 0 Å². The highest BCUT2D eigenvalue weighted by atomic mass is 79.9. The Morgan fingerprint density at radius 3 is 2.33 bits per heavy atom. The summed E-state index contributed by atoms with van der Waals surface area (Å²) in [5.41, 5.74) is 5.28. The number of benzene rings is 4. The number of esters is 1. The Hall–Kier alpha value is -3.94. The van der Waals surface area contributed by atoms with Gasteiger partial charge < -0.3 is 9.47 Å². The minimum absolute atomic E-state index is 0.213. The Labute approximate surface area is 221 Å². The van der Waals surface area contributed by atoms with Crippen LogP contribution in [0.5, 0.6) is 11.5 Å². The number of nitrogens with zero attached hydrogens (tertiary/aromatic N) is 1. The van der Waals surface area contributed by atoms with Gasteiger partial charge in [-0.05, 0) is 53.6 Å². The molecule has 6 nitrogen and oxygen atoms in total. The van der Waals surface area contributed by atoms with Gasteiger partial charge in [0.05, 0.1) is 16.8 Å². The summed E-state index contributed by atoms with van der Waals surface area (Å²) in [6.07, 6.45) is 1.38. The van der Waals surface area contributed by atoms with Gasteiger partial charge in [-0.2, -0.15) is 5.10 Å².